The molecular weight excluding hydrogens is 424 g/mol. The fourth-order valence-corrected chi connectivity index (χ4v) is 5.66. The molecule has 1 atom stereocenters. The second kappa shape index (κ2) is 8.96. The van der Waals surface area contributed by atoms with Crippen LogP contribution >= 0.6 is 0 Å². The first-order chi connectivity index (χ1) is 15.2. The van der Waals surface area contributed by atoms with Crippen molar-refractivity contribution >= 4 is 20.9 Å². The maximum Gasteiger partial charge on any atom is 0.206 e. The number of sulfone groups is 1. The first-order valence-corrected chi connectivity index (χ1v) is 12.7. The second-order valence-electron chi connectivity index (χ2n) is 9.64. The lowest BCUT2D eigenvalue weighted by atomic mass is 9.94. The predicted octanol–water partition coefficient (Wildman–Crippen LogP) is 3.66. The van der Waals surface area contributed by atoms with Crippen LogP contribution in [0.3, 0.4) is 0 Å². The Labute approximate surface area is 190 Å². The summed E-state index contributed by atoms with van der Waals surface area (Å²) in [5.41, 5.74) is 1.42. The maximum absolute atomic E-state index is 13.3. The van der Waals surface area contributed by atoms with Gasteiger partial charge in [0.2, 0.25) is 9.84 Å². The average molecular weight is 456 g/mol. The molecule has 1 aromatic heterocycles. The van der Waals surface area contributed by atoms with Crippen LogP contribution in [-0.2, 0) is 26.5 Å². The summed E-state index contributed by atoms with van der Waals surface area (Å²) in [6.07, 6.45) is 9.12. The Balaban J connectivity index is 1.77. The minimum absolute atomic E-state index is 0.0406. The van der Waals surface area contributed by atoms with Crippen LogP contribution in [-0.4, -0.2) is 37.3 Å². The molecule has 1 fully saturated rings. The predicted molar refractivity (Wildman–Crippen MR) is 124 cm³/mol. The van der Waals surface area contributed by atoms with Gasteiger partial charge in [0, 0.05) is 25.2 Å². The van der Waals surface area contributed by atoms with Gasteiger partial charge in [0.15, 0.2) is 0 Å². The van der Waals surface area contributed by atoms with E-state index in [0.717, 1.165) is 43.9 Å². The van der Waals surface area contributed by atoms with Crippen molar-refractivity contribution in [3.05, 3.63) is 59.3 Å². The zero-order valence-corrected chi connectivity index (χ0v) is 19.8. The van der Waals surface area contributed by atoms with Gasteiger partial charge in [-0.25, -0.2) is 13.4 Å². The molecule has 7 heteroatoms. The van der Waals surface area contributed by atoms with E-state index in [1.807, 2.05) is 6.07 Å². The molecule has 32 heavy (non-hydrogen) atoms. The second-order valence-corrected chi connectivity index (χ2v) is 11.6. The van der Waals surface area contributed by atoms with Gasteiger partial charge in [-0.1, -0.05) is 45.1 Å². The lowest BCUT2D eigenvalue weighted by Crippen LogP contribution is -2.25. The highest BCUT2D eigenvalue weighted by Gasteiger charge is 2.27. The molecule has 0 saturated carbocycles. The lowest BCUT2D eigenvalue weighted by molar-refractivity contribution is -0.401. The van der Waals surface area contributed by atoms with Gasteiger partial charge in [0.05, 0.1) is 20.8 Å². The van der Waals surface area contributed by atoms with Crippen LogP contribution in [0, 0.1) is 5.92 Å². The van der Waals surface area contributed by atoms with Crippen molar-refractivity contribution in [2.24, 2.45) is 5.92 Å². The summed E-state index contributed by atoms with van der Waals surface area (Å²) < 4.78 is 34.4. The van der Waals surface area contributed by atoms with E-state index >= 15 is 0 Å². The number of allylic oxidation sites excluding steroid dienone is 3. The third-order valence-corrected chi connectivity index (χ3v) is 7.79. The van der Waals surface area contributed by atoms with E-state index in [1.54, 1.807) is 30.4 Å². The minimum Gasteiger partial charge on any atom is -0.849 e. The van der Waals surface area contributed by atoms with Crippen LogP contribution in [0.2, 0.25) is 0 Å². The normalized spacial score (nSPS) is 20.9. The molecule has 0 amide bonds. The summed E-state index contributed by atoms with van der Waals surface area (Å²) in [4.78, 5) is 5.08. The van der Waals surface area contributed by atoms with Crippen molar-refractivity contribution in [3.63, 3.8) is 0 Å². The van der Waals surface area contributed by atoms with Gasteiger partial charge < -0.3 is 14.4 Å². The van der Waals surface area contributed by atoms with Crippen molar-refractivity contribution in [2.45, 2.75) is 63.0 Å². The minimum atomic E-state index is -3.82. The summed E-state index contributed by atoms with van der Waals surface area (Å²) in [6, 6.07) is 5.13. The summed E-state index contributed by atoms with van der Waals surface area (Å²) in [7, 11) is -3.82. The van der Waals surface area contributed by atoms with E-state index in [1.165, 1.54) is 12.2 Å². The van der Waals surface area contributed by atoms with E-state index in [-0.39, 0.29) is 21.6 Å². The molecule has 1 saturated heterocycles. The van der Waals surface area contributed by atoms with Crippen LogP contribution in [0.15, 0.2) is 58.4 Å². The molecule has 2 aromatic rings. The number of rotatable bonds is 4. The van der Waals surface area contributed by atoms with Gasteiger partial charge in [0.1, 0.15) is 5.82 Å². The van der Waals surface area contributed by atoms with Crippen molar-refractivity contribution in [3.8, 4) is 0 Å². The zero-order chi connectivity index (χ0) is 22.9. The largest absolute Gasteiger partial charge is 0.849 e. The van der Waals surface area contributed by atoms with Crippen molar-refractivity contribution in [1.29, 1.82) is 0 Å². The van der Waals surface area contributed by atoms with E-state index in [0.29, 0.717) is 11.4 Å². The molecule has 172 valence electrons. The van der Waals surface area contributed by atoms with Gasteiger partial charge in [-0.15, -0.1) is 6.10 Å². The molecular formula is C25H31N2O4S-. The Morgan fingerprint density at radius 2 is 1.94 bits per heavy atom. The van der Waals surface area contributed by atoms with E-state index in [9.17, 15) is 13.5 Å². The van der Waals surface area contributed by atoms with E-state index in [4.69, 9.17) is 9.72 Å². The molecule has 1 aromatic carbocycles. The molecule has 2 heterocycles. The topological polar surface area (TPSA) is 84.3 Å². The van der Waals surface area contributed by atoms with E-state index in [2.05, 4.69) is 25.3 Å². The van der Waals surface area contributed by atoms with Crippen molar-refractivity contribution in [1.82, 2.24) is 9.55 Å². The summed E-state index contributed by atoms with van der Waals surface area (Å²) in [5.74, 6) is 1.46. The monoisotopic (exact) mass is 455 g/mol. The Hall–Kier alpha value is -2.22. The van der Waals surface area contributed by atoms with Crippen LogP contribution in [0.1, 0.15) is 45.9 Å². The Bertz CT molecular complexity index is 1180. The van der Waals surface area contributed by atoms with Crippen LogP contribution in [0.5, 0.6) is 0 Å². The molecule has 0 bridgehead atoms. The Morgan fingerprint density at radius 1 is 1.19 bits per heavy atom. The zero-order valence-electron chi connectivity index (χ0n) is 19.0. The SMILES string of the molecule is CC(C)(C)c1nc2cc(S(=O)(=O)C3=CC([O-])CC=CC=C3)ccc2n1CC1CCOCC1. The third-order valence-electron chi connectivity index (χ3n) is 6.02. The number of hydrogen-bond donors (Lipinski definition) is 0. The van der Waals surface area contributed by atoms with Crippen LogP contribution in [0.25, 0.3) is 11.0 Å². The summed E-state index contributed by atoms with van der Waals surface area (Å²) in [6.45, 7) is 8.78. The average Bonchev–Trinajstić information content (AvgIpc) is 3.09. The molecule has 0 radical (unpaired) electrons. The number of imidazole rings is 1. The number of aromatic nitrogens is 2. The highest BCUT2D eigenvalue weighted by molar-refractivity contribution is 7.95. The van der Waals surface area contributed by atoms with Gasteiger partial charge >= 0.3 is 0 Å². The highest BCUT2D eigenvalue weighted by Crippen LogP contribution is 2.31. The molecule has 1 aliphatic carbocycles. The quantitative estimate of drug-likeness (QED) is 0.702. The van der Waals surface area contributed by atoms with Gasteiger partial charge in [-0.3, -0.25) is 0 Å². The van der Waals surface area contributed by atoms with Crippen molar-refractivity contribution < 1.29 is 18.3 Å². The van der Waals surface area contributed by atoms with Crippen molar-refractivity contribution in [2.75, 3.05) is 13.2 Å². The number of ether oxygens (including phenoxy) is 1. The highest BCUT2D eigenvalue weighted by atomic mass is 32.2. The van der Waals surface area contributed by atoms with Crippen LogP contribution in [0.4, 0.5) is 0 Å². The number of benzene rings is 1. The van der Waals surface area contributed by atoms with Gasteiger partial charge in [0.25, 0.3) is 0 Å². The molecule has 4 rings (SSSR count). The maximum atomic E-state index is 13.3. The van der Waals surface area contributed by atoms with E-state index < -0.39 is 15.9 Å². The number of fused-ring (bicyclic) bond motifs is 1. The van der Waals surface area contributed by atoms with Crippen LogP contribution < -0.4 is 5.11 Å². The fourth-order valence-electron chi connectivity index (χ4n) is 4.29. The van der Waals surface area contributed by atoms with Gasteiger partial charge in [-0.2, -0.15) is 0 Å². The summed E-state index contributed by atoms with van der Waals surface area (Å²) in [5, 5.41) is 12.1. The molecule has 1 aliphatic heterocycles. The molecule has 0 spiro atoms. The Morgan fingerprint density at radius 3 is 2.66 bits per heavy atom. The Kier molecular flexibility index (Phi) is 6.43. The number of hydrogen-bond acceptors (Lipinski definition) is 5. The number of nitrogens with zero attached hydrogens (tertiary/aromatic N) is 2. The standard InChI is InChI=1S/C25H31N2O4S/c1-25(2,3)24-26-22-16-21(32(29,30)20-8-6-4-5-7-19(28)15-20)9-10-23(22)27(24)17-18-11-13-31-14-12-18/h4-6,8-10,15-16,18-19H,7,11-14,17H2,1-3H3/q-1. The summed E-state index contributed by atoms with van der Waals surface area (Å²) >= 11 is 0. The smallest absolute Gasteiger partial charge is 0.206 e. The first kappa shape index (κ1) is 23.0. The molecule has 0 N–H and O–H groups in total. The molecule has 1 unspecified atom stereocenters. The molecule has 2 aliphatic rings. The molecule has 6 nitrogen and oxygen atoms in total. The van der Waals surface area contributed by atoms with Gasteiger partial charge in [-0.05, 0) is 49.5 Å². The first-order valence-electron chi connectivity index (χ1n) is 11.2. The lowest BCUT2D eigenvalue weighted by Gasteiger charge is -2.26. The third kappa shape index (κ3) is 4.75. The fraction of sp³-hybridized carbons (Fsp3) is 0.480.